The highest BCUT2D eigenvalue weighted by molar-refractivity contribution is 7.99. The molecule has 136 valence electrons. The van der Waals surface area contributed by atoms with E-state index < -0.39 is 9.84 Å². The van der Waals surface area contributed by atoms with Gasteiger partial charge in [0.1, 0.15) is 11.6 Å². The number of hydrogen-bond donors (Lipinski definition) is 0. The molecule has 3 rings (SSSR count). The molecule has 0 saturated carbocycles. The fourth-order valence-electron chi connectivity index (χ4n) is 2.78. The largest absolute Gasteiger partial charge is 0.494 e. The summed E-state index contributed by atoms with van der Waals surface area (Å²) in [5, 5.41) is 9.87. The summed E-state index contributed by atoms with van der Waals surface area (Å²) in [5.74, 6) is 2.75. The molecule has 2 aromatic rings. The summed E-state index contributed by atoms with van der Waals surface area (Å²) in [6, 6.07) is 7.34. The molecular weight excluding hydrogens is 382 g/mol. The fraction of sp³-hybridized carbons (Fsp3) is 0.500. The monoisotopic (exact) mass is 401 g/mol. The zero-order valence-corrected chi connectivity index (χ0v) is 16.3. The molecule has 1 aliphatic rings. The zero-order chi connectivity index (χ0) is 17.9. The van der Waals surface area contributed by atoms with Crippen molar-refractivity contribution < 1.29 is 13.2 Å². The van der Waals surface area contributed by atoms with Gasteiger partial charge in [-0.05, 0) is 31.0 Å². The van der Waals surface area contributed by atoms with Gasteiger partial charge in [-0.2, -0.15) is 0 Å². The lowest BCUT2D eigenvalue weighted by Crippen LogP contribution is -2.09. The highest BCUT2D eigenvalue weighted by atomic mass is 35.5. The van der Waals surface area contributed by atoms with Crippen LogP contribution in [0.4, 0.5) is 0 Å². The highest BCUT2D eigenvalue weighted by Gasteiger charge is 2.32. The van der Waals surface area contributed by atoms with Crippen LogP contribution in [0.15, 0.2) is 29.4 Å². The van der Waals surface area contributed by atoms with E-state index in [1.807, 2.05) is 29.8 Å². The predicted molar refractivity (Wildman–Crippen MR) is 99.3 cm³/mol. The molecule has 0 spiro atoms. The van der Waals surface area contributed by atoms with Crippen molar-refractivity contribution >= 4 is 33.2 Å². The molecule has 1 aromatic carbocycles. The molecule has 1 atom stereocenters. The van der Waals surface area contributed by atoms with Crippen LogP contribution in [0.1, 0.15) is 24.6 Å². The van der Waals surface area contributed by atoms with E-state index in [-0.39, 0.29) is 17.4 Å². The quantitative estimate of drug-likeness (QED) is 0.524. The van der Waals surface area contributed by atoms with E-state index in [4.69, 9.17) is 16.3 Å². The van der Waals surface area contributed by atoms with Gasteiger partial charge in [-0.3, -0.25) is 0 Å². The number of benzene rings is 1. The van der Waals surface area contributed by atoms with Crippen LogP contribution in [-0.4, -0.2) is 47.0 Å². The number of nitrogens with zero attached hydrogens (tertiary/aromatic N) is 3. The SMILES string of the molecule is Cn1c(SCCCOc2cccc(Cl)c2)nnc1C1CCS(=O)(=O)C1. The molecule has 0 bridgehead atoms. The number of sulfone groups is 1. The van der Waals surface area contributed by atoms with Gasteiger partial charge in [0, 0.05) is 23.7 Å². The second-order valence-electron chi connectivity index (χ2n) is 6.01. The van der Waals surface area contributed by atoms with E-state index in [1.54, 1.807) is 17.8 Å². The van der Waals surface area contributed by atoms with Crippen molar-refractivity contribution in [3.8, 4) is 5.75 Å². The molecule has 0 amide bonds. The highest BCUT2D eigenvalue weighted by Crippen LogP contribution is 2.29. The van der Waals surface area contributed by atoms with Gasteiger partial charge in [0.2, 0.25) is 0 Å². The van der Waals surface area contributed by atoms with E-state index in [1.165, 1.54) is 0 Å². The number of aromatic nitrogens is 3. The molecule has 1 unspecified atom stereocenters. The Labute approximate surface area is 156 Å². The number of thioether (sulfide) groups is 1. The molecule has 1 aliphatic heterocycles. The molecule has 2 heterocycles. The number of rotatable bonds is 7. The third-order valence-electron chi connectivity index (χ3n) is 4.05. The standard InChI is InChI=1S/C16H20ClN3O3S2/c1-20-15(12-6-9-25(21,22)11-12)18-19-16(20)24-8-3-7-23-14-5-2-4-13(17)10-14/h2,4-5,10,12H,3,6-9,11H2,1H3. The fourth-order valence-corrected chi connectivity index (χ4v) is 5.53. The number of hydrogen-bond acceptors (Lipinski definition) is 6. The lowest BCUT2D eigenvalue weighted by Gasteiger charge is -2.08. The molecule has 0 aliphatic carbocycles. The van der Waals surface area contributed by atoms with E-state index in [9.17, 15) is 8.42 Å². The van der Waals surface area contributed by atoms with Gasteiger partial charge in [-0.1, -0.05) is 29.4 Å². The first-order valence-electron chi connectivity index (χ1n) is 8.05. The maximum atomic E-state index is 11.6. The first-order chi connectivity index (χ1) is 11.9. The average molecular weight is 402 g/mol. The van der Waals surface area contributed by atoms with Gasteiger partial charge < -0.3 is 9.30 Å². The number of ether oxygens (including phenoxy) is 1. The third kappa shape index (κ3) is 4.89. The van der Waals surface area contributed by atoms with Crippen LogP contribution in [0.5, 0.6) is 5.75 Å². The van der Waals surface area contributed by atoms with Crippen LogP contribution in [0.25, 0.3) is 0 Å². The van der Waals surface area contributed by atoms with Gasteiger partial charge in [0.25, 0.3) is 0 Å². The van der Waals surface area contributed by atoms with Crippen LogP contribution >= 0.6 is 23.4 Å². The van der Waals surface area contributed by atoms with Crippen LogP contribution < -0.4 is 4.74 Å². The molecule has 1 aromatic heterocycles. The Hall–Kier alpha value is -1.25. The first-order valence-corrected chi connectivity index (χ1v) is 11.2. The normalized spacial score (nSPS) is 19.2. The van der Waals surface area contributed by atoms with Crippen LogP contribution in [0.2, 0.25) is 5.02 Å². The topological polar surface area (TPSA) is 74.1 Å². The maximum Gasteiger partial charge on any atom is 0.190 e. The van der Waals surface area contributed by atoms with E-state index in [0.29, 0.717) is 18.1 Å². The van der Waals surface area contributed by atoms with Crippen molar-refractivity contribution in [2.24, 2.45) is 7.05 Å². The summed E-state index contributed by atoms with van der Waals surface area (Å²) >= 11 is 7.52. The Morgan fingerprint density at radius 3 is 2.96 bits per heavy atom. The first kappa shape index (κ1) is 18.5. The molecule has 6 nitrogen and oxygen atoms in total. The minimum atomic E-state index is -2.92. The minimum Gasteiger partial charge on any atom is -0.494 e. The third-order valence-corrected chi connectivity index (χ3v) is 7.16. The minimum absolute atomic E-state index is 0.0389. The van der Waals surface area contributed by atoms with Crippen LogP contribution in [0.3, 0.4) is 0 Å². The summed E-state index contributed by atoms with van der Waals surface area (Å²) in [4.78, 5) is 0. The molecule has 1 saturated heterocycles. The second-order valence-corrected chi connectivity index (χ2v) is 9.73. The molecule has 25 heavy (non-hydrogen) atoms. The lowest BCUT2D eigenvalue weighted by molar-refractivity contribution is 0.318. The van der Waals surface area contributed by atoms with Crippen LogP contribution in [-0.2, 0) is 16.9 Å². The Morgan fingerprint density at radius 1 is 1.40 bits per heavy atom. The van der Waals surface area contributed by atoms with E-state index >= 15 is 0 Å². The van der Waals surface area contributed by atoms with Crippen molar-refractivity contribution in [2.75, 3.05) is 23.9 Å². The molecule has 0 N–H and O–H groups in total. The van der Waals surface area contributed by atoms with Crippen molar-refractivity contribution in [3.05, 3.63) is 35.1 Å². The van der Waals surface area contributed by atoms with Crippen molar-refractivity contribution in [2.45, 2.75) is 23.9 Å². The van der Waals surface area contributed by atoms with Gasteiger partial charge in [-0.25, -0.2) is 8.42 Å². The molecular formula is C16H20ClN3O3S2. The lowest BCUT2D eigenvalue weighted by atomic mass is 10.1. The number of halogens is 1. The van der Waals surface area contributed by atoms with Gasteiger partial charge in [0.15, 0.2) is 15.0 Å². The molecule has 0 radical (unpaired) electrons. The smallest absolute Gasteiger partial charge is 0.190 e. The Morgan fingerprint density at radius 2 is 2.24 bits per heavy atom. The summed E-state index contributed by atoms with van der Waals surface area (Å²) in [6.45, 7) is 0.596. The Balaban J connectivity index is 1.46. The Kier molecular flexibility index (Phi) is 5.91. The summed E-state index contributed by atoms with van der Waals surface area (Å²) in [5.41, 5.74) is 0. The summed E-state index contributed by atoms with van der Waals surface area (Å²) in [6.07, 6.45) is 1.49. The molecule has 1 fully saturated rings. The summed E-state index contributed by atoms with van der Waals surface area (Å²) < 4.78 is 30.8. The van der Waals surface area contributed by atoms with Crippen molar-refractivity contribution in [1.29, 1.82) is 0 Å². The Bertz CT molecular complexity index is 839. The van der Waals surface area contributed by atoms with Crippen LogP contribution in [0, 0.1) is 0 Å². The average Bonchev–Trinajstić information content (AvgIpc) is 3.10. The van der Waals surface area contributed by atoms with Gasteiger partial charge in [0.05, 0.1) is 18.1 Å². The second kappa shape index (κ2) is 7.97. The maximum absolute atomic E-state index is 11.6. The van der Waals surface area contributed by atoms with Crippen molar-refractivity contribution in [1.82, 2.24) is 14.8 Å². The van der Waals surface area contributed by atoms with Crippen molar-refractivity contribution in [3.63, 3.8) is 0 Å². The van der Waals surface area contributed by atoms with Gasteiger partial charge >= 0.3 is 0 Å². The van der Waals surface area contributed by atoms with E-state index in [0.717, 1.165) is 28.9 Å². The van der Waals surface area contributed by atoms with Gasteiger partial charge in [-0.15, -0.1) is 10.2 Å². The van der Waals surface area contributed by atoms with E-state index in [2.05, 4.69) is 10.2 Å². The predicted octanol–water partition coefficient (Wildman–Crippen LogP) is 2.93. The zero-order valence-electron chi connectivity index (χ0n) is 13.9. The molecule has 9 heteroatoms. The summed E-state index contributed by atoms with van der Waals surface area (Å²) in [7, 11) is -1.02.